The number of halogens is 1. The Morgan fingerprint density at radius 3 is 2.11 bits per heavy atom. The van der Waals surface area contributed by atoms with Gasteiger partial charge < -0.3 is 23.7 Å². The lowest BCUT2D eigenvalue weighted by Crippen LogP contribution is -2.48. The number of rotatable bonds is 9. The molecule has 7 heteroatoms. The van der Waals surface area contributed by atoms with E-state index in [1.165, 1.54) is 6.08 Å². The Hall–Kier alpha value is -2.72. The summed E-state index contributed by atoms with van der Waals surface area (Å²) in [7, 11) is 0. The normalized spacial score (nSPS) is 20.8. The Labute approximate surface area is 217 Å². The molecule has 0 N–H and O–H groups in total. The second kappa shape index (κ2) is 11.3. The van der Waals surface area contributed by atoms with E-state index >= 15 is 0 Å². The van der Waals surface area contributed by atoms with Crippen molar-refractivity contribution in [3.8, 4) is 11.5 Å². The number of ketones is 1. The van der Waals surface area contributed by atoms with Gasteiger partial charge in [0.1, 0.15) is 18.3 Å². The van der Waals surface area contributed by atoms with Gasteiger partial charge in [-0.15, -0.1) is 0 Å². The molecule has 0 aromatic heterocycles. The molecule has 0 unspecified atom stereocenters. The van der Waals surface area contributed by atoms with Gasteiger partial charge in [0.25, 0.3) is 0 Å². The van der Waals surface area contributed by atoms with Crippen LogP contribution in [0, 0.1) is 3.57 Å². The van der Waals surface area contributed by atoms with Crippen molar-refractivity contribution in [3.05, 3.63) is 105 Å². The largest absolute Gasteiger partial charge is 0.454 e. The molecule has 0 fully saturated rings. The van der Waals surface area contributed by atoms with Crippen molar-refractivity contribution < 1.29 is 28.5 Å². The second-order valence-corrected chi connectivity index (χ2v) is 9.47. The van der Waals surface area contributed by atoms with Crippen molar-refractivity contribution >= 4 is 28.4 Å². The molecule has 3 aromatic rings. The van der Waals surface area contributed by atoms with Gasteiger partial charge in [-0.3, -0.25) is 4.79 Å². The summed E-state index contributed by atoms with van der Waals surface area (Å²) in [4.78, 5) is 12.9. The Morgan fingerprint density at radius 1 is 0.800 bits per heavy atom. The Morgan fingerprint density at radius 2 is 1.43 bits per heavy atom. The van der Waals surface area contributed by atoms with E-state index in [0.717, 1.165) is 26.0 Å². The van der Waals surface area contributed by atoms with Gasteiger partial charge in [-0.05, 0) is 63.6 Å². The van der Waals surface area contributed by atoms with Crippen LogP contribution < -0.4 is 9.47 Å². The molecule has 0 radical (unpaired) electrons. The van der Waals surface area contributed by atoms with Gasteiger partial charge >= 0.3 is 0 Å². The van der Waals surface area contributed by atoms with Crippen molar-refractivity contribution in [3.63, 3.8) is 0 Å². The monoisotopic (exact) mass is 584 g/mol. The minimum atomic E-state index is -0.773. The van der Waals surface area contributed by atoms with Crippen molar-refractivity contribution in [1.29, 1.82) is 0 Å². The van der Waals surface area contributed by atoms with Crippen molar-refractivity contribution in [2.75, 3.05) is 6.79 Å². The summed E-state index contributed by atoms with van der Waals surface area (Å²) in [6.45, 7) is 1.20. The third-order valence-corrected chi connectivity index (χ3v) is 6.89. The maximum absolute atomic E-state index is 12.9. The maximum Gasteiger partial charge on any atom is 0.231 e. The highest BCUT2D eigenvalue weighted by atomic mass is 127. The molecule has 3 atom stereocenters. The van der Waals surface area contributed by atoms with Gasteiger partial charge in [-0.25, -0.2) is 0 Å². The first-order chi connectivity index (χ1) is 17.2. The van der Waals surface area contributed by atoms with Crippen LogP contribution in [0.4, 0.5) is 0 Å². The van der Waals surface area contributed by atoms with Crippen molar-refractivity contribution in [2.24, 2.45) is 0 Å². The minimum Gasteiger partial charge on any atom is -0.454 e. The van der Waals surface area contributed by atoms with Crippen LogP contribution >= 0.6 is 22.6 Å². The van der Waals surface area contributed by atoms with Crippen LogP contribution in [-0.2, 0) is 38.8 Å². The third-order valence-electron chi connectivity index (χ3n) is 5.88. The van der Waals surface area contributed by atoms with Crippen LogP contribution in [0.15, 0.2) is 84.9 Å². The van der Waals surface area contributed by atoms with Gasteiger partial charge in [0.2, 0.25) is 6.79 Å². The molecule has 0 saturated carbocycles. The summed E-state index contributed by atoms with van der Waals surface area (Å²) < 4.78 is 30.7. The fourth-order valence-corrected chi connectivity index (χ4v) is 4.61. The lowest BCUT2D eigenvalue weighted by atomic mass is 9.96. The second-order valence-electron chi connectivity index (χ2n) is 8.31. The molecule has 0 bridgehead atoms. The Kier molecular flexibility index (Phi) is 7.78. The maximum atomic E-state index is 12.9. The number of fused-ring (bicyclic) bond motifs is 1. The van der Waals surface area contributed by atoms with Gasteiger partial charge in [0.05, 0.1) is 19.8 Å². The standard InChI is InChI=1S/C28H25IO6/c29-22-14-26-25(34-18-35-26)13-21(22)17-31-24-12-11-23(30)27(32-15-19-7-3-1-4-8-19)28(24)33-16-20-9-5-2-6-10-20/h1-14,24,27-28H,15-18H2/t24-,27+,28+/m1/s1. The van der Waals surface area contributed by atoms with Crippen LogP contribution in [0.25, 0.3) is 0 Å². The third kappa shape index (κ3) is 5.92. The Balaban J connectivity index is 1.33. The highest BCUT2D eigenvalue weighted by Crippen LogP contribution is 2.36. The number of carbonyl (C=O) groups excluding carboxylic acids is 1. The van der Waals surface area contributed by atoms with E-state index in [-0.39, 0.29) is 12.6 Å². The first-order valence-electron chi connectivity index (χ1n) is 11.4. The zero-order valence-electron chi connectivity index (χ0n) is 19.0. The van der Waals surface area contributed by atoms with E-state index in [0.29, 0.717) is 25.6 Å². The van der Waals surface area contributed by atoms with E-state index in [2.05, 4.69) is 22.6 Å². The number of carbonyl (C=O) groups is 1. The lowest BCUT2D eigenvalue weighted by Gasteiger charge is -2.33. The van der Waals surface area contributed by atoms with Crippen LogP contribution in [0.5, 0.6) is 11.5 Å². The first-order valence-corrected chi connectivity index (χ1v) is 12.5. The summed E-state index contributed by atoms with van der Waals surface area (Å²) in [5.41, 5.74) is 2.98. The molecular weight excluding hydrogens is 559 g/mol. The van der Waals surface area contributed by atoms with E-state index < -0.39 is 18.3 Å². The molecule has 2 aliphatic rings. The van der Waals surface area contributed by atoms with Crippen molar-refractivity contribution in [1.82, 2.24) is 0 Å². The topological polar surface area (TPSA) is 63.2 Å². The fourth-order valence-electron chi connectivity index (χ4n) is 4.02. The number of hydrogen-bond donors (Lipinski definition) is 0. The summed E-state index contributed by atoms with van der Waals surface area (Å²) >= 11 is 2.26. The fraction of sp³-hybridized carbons (Fsp3) is 0.250. The van der Waals surface area contributed by atoms with Crippen molar-refractivity contribution in [2.45, 2.75) is 38.1 Å². The number of benzene rings is 3. The predicted molar refractivity (Wildman–Crippen MR) is 138 cm³/mol. The molecule has 1 heterocycles. The summed E-state index contributed by atoms with van der Waals surface area (Å²) in [5.74, 6) is 1.32. The molecule has 0 saturated heterocycles. The zero-order valence-corrected chi connectivity index (χ0v) is 21.1. The lowest BCUT2D eigenvalue weighted by molar-refractivity contribution is -0.160. The molecule has 1 aliphatic carbocycles. The highest BCUT2D eigenvalue weighted by molar-refractivity contribution is 14.1. The molecule has 35 heavy (non-hydrogen) atoms. The van der Waals surface area contributed by atoms with Crippen LogP contribution in [-0.4, -0.2) is 30.9 Å². The molecule has 180 valence electrons. The van der Waals surface area contributed by atoms with Crippen LogP contribution in [0.1, 0.15) is 16.7 Å². The van der Waals surface area contributed by atoms with Crippen LogP contribution in [0.2, 0.25) is 0 Å². The molecule has 3 aromatic carbocycles. The highest BCUT2D eigenvalue weighted by Gasteiger charge is 2.38. The Bertz CT molecular complexity index is 1180. The van der Waals surface area contributed by atoms with Gasteiger partial charge in [-0.1, -0.05) is 60.7 Å². The van der Waals surface area contributed by atoms with E-state index in [9.17, 15) is 4.79 Å². The molecule has 0 spiro atoms. The van der Waals surface area contributed by atoms with Gasteiger partial charge in [0, 0.05) is 3.57 Å². The number of hydrogen-bond acceptors (Lipinski definition) is 6. The van der Waals surface area contributed by atoms with E-state index in [1.807, 2.05) is 72.8 Å². The molecular formula is C28H25IO6. The average Bonchev–Trinajstić information content (AvgIpc) is 3.34. The smallest absolute Gasteiger partial charge is 0.231 e. The summed E-state index contributed by atoms with van der Waals surface area (Å²) in [6, 6.07) is 23.5. The molecule has 5 rings (SSSR count). The van der Waals surface area contributed by atoms with Crippen LogP contribution in [0.3, 0.4) is 0 Å². The summed E-state index contributed by atoms with van der Waals surface area (Å²) in [5, 5.41) is 0. The van der Waals surface area contributed by atoms with Gasteiger partial charge in [-0.2, -0.15) is 0 Å². The minimum absolute atomic E-state index is 0.128. The average molecular weight is 584 g/mol. The quantitative estimate of drug-likeness (QED) is 0.322. The molecule has 0 amide bonds. The summed E-state index contributed by atoms with van der Waals surface area (Å²) in [6.07, 6.45) is 1.47. The van der Waals surface area contributed by atoms with E-state index in [1.54, 1.807) is 6.08 Å². The molecule has 1 aliphatic heterocycles. The SMILES string of the molecule is O=C1C=C[C@@H](OCc2cc3c(cc2I)OCO3)[C@H](OCc2ccccc2)[C@H]1OCc1ccccc1. The van der Waals surface area contributed by atoms with Gasteiger partial charge in [0.15, 0.2) is 17.3 Å². The number of ether oxygens (including phenoxy) is 5. The first kappa shape index (κ1) is 24.0. The predicted octanol–water partition coefficient (Wildman–Crippen LogP) is 5.21. The molecule has 6 nitrogen and oxygen atoms in total. The van der Waals surface area contributed by atoms with E-state index in [4.69, 9.17) is 23.7 Å². The zero-order chi connectivity index (χ0) is 24.0.